The van der Waals surface area contributed by atoms with Crippen molar-refractivity contribution in [1.29, 1.82) is 5.26 Å². The molecule has 2 heterocycles. The first-order valence-corrected chi connectivity index (χ1v) is 8.42. The van der Waals surface area contributed by atoms with E-state index in [0.717, 1.165) is 0 Å². The summed E-state index contributed by atoms with van der Waals surface area (Å²) in [7, 11) is 0. The van der Waals surface area contributed by atoms with Gasteiger partial charge in [-0.3, -0.25) is 9.59 Å². The summed E-state index contributed by atoms with van der Waals surface area (Å²) in [5, 5.41) is 13.9. The maximum Gasteiger partial charge on any atom is 0.249 e. The number of carbonyl (C=O) groups is 2. The monoisotopic (exact) mass is 369 g/mol. The van der Waals surface area contributed by atoms with E-state index in [4.69, 9.17) is 4.42 Å². The van der Waals surface area contributed by atoms with Crippen molar-refractivity contribution >= 4 is 28.7 Å². The second-order valence-electron chi connectivity index (χ2n) is 5.32. The first kappa shape index (κ1) is 17.5. The fourth-order valence-electron chi connectivity index (χ4n) is 2.21. The van der Waals surface area contributed by atoms with Crippen molar-refractivity contribution in [2.45, 2.75) is 6.42 Å². The third kappa shape index (κ3) is 4.02. The molecule has 0 bridgehead atoms. The van der Waals surface area contributed by atoms with Gasteiger partial charge >= 0.3 is 0 Å². The normalized spacial score (nSPS) is 11.5. The average Bonchev–Trinajstić information content (AvgIpc) is 3.29. The number of Topliss-reactive ketones (excluding diaryl/α,β-unsaturated/α-hetero) is 1. The van der Waals surface area contributed by atoms with Gasteiger partial charge in [0.1, 0.15) is 5.82 Å². The minimum absolute atomic E-state index is 0.147. The Balaban J connectivity index is 1.66. The maximum atomic E-state index is 12.9. The molecule has 26 heavy (non-hydrogen) atoms. The molecule has 2 aromatic heterocycles. The van der Waals surface area contributed by atoms with Gasteiger partial charge in [-0.1, -0.05) is 0 Å². The Morgan fingerprint density at radius 3 is 2.73 bits per heavy atom. The van der Waals surface area contributed by atoms with Crippen molar-refractivity contribution in [3.63, 3.8) is 0 Å². The third-order valence-electron chi connectivity index (χ3n) is 3.46. The van der Waals surface area contributed by atoms with E-state index in [2.05, 4.69) is 10.3 Å². The van der Waals surface area contributed by atoms with Gasteiger partial charge in [0.15, 0.2) is 22.5 Å². The number of thiazole rings is 1. The molecule has 0 radical (unpaired) electrons. The molecule has 0 aliphatic heterocycles. The fraction of sp³-hybridized carbons (Fsp3) is 0.111. The molecular weight excluding hydrogens is 357 g/mol. The average molecular weight is 369 g/mol. The summed E-state index contributed by atoms with van der Waals surface area (Å²) in [5.74, 6) is -2.67. The first-order chi connectivity index (χ1) is 12.6. The molecule has 0 spiro atoms. The Kier molecular flexibility index (Phi) is 5.20. The molecule has 3 aromatic rings. The van der Waals surface area contributed by atoms with Crippen LogP contribution in [0, 0.1) is 23.1 Å². The molecule has 6 nitrogen and oxygen atoms in total. The van der Waals surface area contributed by atoms with Gasteiger partial charge in [0.25, 0.3) is 0 Å². The minimum atomic E-state index is -1.48. The van der Waals surface area contributed by atoms with Crippen molar-refractivity contribution in [2.24, 2.45) is 5.92 Å². The quantitative estimate of drug-likeness (QED) is 0.672. The van der Waals surface area contributed by atoms with Gasteiger partial charge in [-0.05, 0) is 36.4 Å². The number of nitrogens with one attached hydrogen (secondary N) is 1. The number of rotatable bonds is 6. The van der Waals surface area contributed by atoms with Gasteiger partial charge in [0, 0.05) is 11.1 Å². The molecule has 1 amide bonds. The van der Waals surface area contributed by atoms with Gasteiger partial charge in [0.05, 0.1) is 24.4 Å². The Labute approximate surface area is 151 Å². The van der Waals surface area contributed by atoms with Crippen molar-refractivity contribution in [3.8, 4) is 16.8 Å². The van der Waals surface area contributed by atoms with Crippen LogP contribution in [-0.4, -0.2) is 16.7 Å². The van der Waals surface area contributed by atoms with Gasteiger partial charge in [-0.2, -0.15) is 5.26 Å². The molecule has 1 N–H and O–H groups in total. The summed E-state index contributed by atoms with van der Waals surface area (Å²) in [6, 6.07) is 10.2. The van der Waals surface area contributed by atoms with Crippen molar-refractivity contribution in [2.75, 3.05) is 5.32 Å². The number of amides is 1. The molecule has 130 valence electrons. The number of ketones is 1. The Hall–Kier alpha value is -3.31. The molecule has 0 unspecified atom stereocenters. The number of anilines is 1. The van der Waals surface area contributed by atoms with Crippen molar-refractivity contribution in [1.82, 2.24) is 4.98 Å². The molecule has 1 atom stereocenters. The number of hydrogen-bond acceptors (Lipinski definition) is 6. The van der Waals surface area contributed by atoms with Crippen molar-refractivity contribution < 1.29 is 18.4 Å². The highest BCUT2D eigenvalue weighted by Crippen LogP contribution is 2.24. The predicted molar refractivity (Wildman–Crippen MR) is 92.7 cm³/mol. The summed E-state index contributed by atoms with van der Waals surface area (Å²) in [5.41, 5.74) is 0.763. The van der Waals surface area contributed by atoms with Gasteiger partial charge in [0.2, 0.25) is 5.91 Å². The summed E-state index contributed by atoms with van der Waals surface area (Å²) < 4.78 is 18.1. The molecule has 8 heteroatoms. The lowest BCUT2D eigenvalue weighted by atomic mass is 10.0. The Bertz CT molecular complexity index is 958. The number of carbonyl (C=O) groups excluding carboxylic acids is 2. The minimum Gasteiger partial charge on any atom is -0.462 e. The molecule has 0 saturated heterocycles. The molecule has 0 aliphatic rings. The zero-order chi connectivity index (χ0) is 18.5. The van der Waals surface area contributed by atoms with E-state index in [-0.39, 0.29) is 6.42 Å². The largest absolute Gasteiger partial charge is 0.462 e. The van der Waals surface area contributed by atoms with Crippen LogP contribution in [0.3, 0.4) is 0 Å². The van der Waals surface area contributed by atoms with Crippen LogP contribution < -0.4 is 5.32 Å². The number of furan rings is 1. The Morgan fingerprint density at radius 2 is 2.08 bits per heavy atom. The lowest BCUT2D eigenvalue weighted by molar-refractivity contribution is -0.128. The van der Waals surface area contributed by atoms with E-state index >= 15 is 0 Å². The zero-order valence-electron chi connectivity index (χ0n) is 13.3. The van der Waals surface area contributed by atoms with Crippen LogP contribution in [0.25, 0.3) is 10.8 Å². The smallest absolute Gasteiger partial charge is 0.249 e. The fourth-order valence-corrected chi connectivity index (χ4v) is 2.99. The van der Waals surface area contributed by atoms with E-state index in [9.17, 15) is 19.2 Å². The maximum absolute atomic E-state index is 12.9. The van der Waals surface area contributed by atoms with Gasteiger partial charge in [-0.15, -0.1) is 11.3 Å². The van der Waals surface area contributed by atoms with E-state index in [0.29, 0.717) is 22.1 Å². The third-order valence-corrected chi connectivity index (χ3v) is 4.37. The van der Waals surface area contributed by atoms with Crippen LogP contribution in [0.4, 0.5) is 10.1 Å². The van der Waals surface area contributed by atoms with Crippen molar-refractivity contribution in [3.05, 3.63) is 59.6 Å². The number of aromatic nitrogens is 1. The van der Waals surface area contributed by atoms with Gasteiger partial charge < -0.3 is 9.73 Å². The number of benzene rings is 1. The van der Waals surface area contributed by atoms with E-state index in [1.165, 1.54) is 41.9 Å². The molecule has 0 aliphatic carbocycles. The molecule has 1 aromatic carbocycles. The first-order valence-electron chi connectivity index (χ1n) is 7.54. The second kappa shape index (κ2) is 7.72. The van der Waals surface area contributed by atoms with Crippen LogP contribution in [-0.2, 0) is 16.0 Å². The van der Waals surface area contributed by atoms with E-state index < -0.39 is 23.4 Å². The molecule has 3 rings (SSSR count). The topological polar surface area (TPSA) is 96.0 Å². The summed E-state index contributed by atoms with van der Waals surface area (Å²) >= 11 is 1.30. The zero-order valence-corrected chi connectivity index (χ0v) is 14.1. The molecule has 0 saturated carbocycles. The SMILES string of the molecule is N#C[C@H](C(=O)Cc1csc(-c2ccco2)n1)C(=O)Nc1ccc(F)cc1. The lowest BCUT2D eigenvalue weighted by Gasteiger charge is -2.09. The number of nitriles is 1. The number of nitrogens with zero attached hydrogens (tertiary/aromatic N) is 2. The molecular formula is C18H12FN3O3S. The summed E-state index contributed by atoms with van der Waals surface area (Å²) in [4.78, 5) is 28.8. The number of hydrogen-bond donors (Lipinski definition) is 1. The molecule has 0 fully saturated rings. The van der Waals surface area contributed by atoms with Crippen LogP contribution in [0.5, 0.6) is 0 Å². The standard InChI is InChI=1S/C18H12FN3O3S/c19-11-3-5-12(6-4-11)21-17(24)14(9-20)15(23)8-13-10-26-18(22-13)16-2-1-7-25-16/h1-7,10,14H,8H2,(H,21,24)/t14-/m1/s1. The van der Waals surface area contributed by atoms with E-state index in [1.54, 1.807) is 23.6 Å². The van der Waals surface area contributed by atoms with E-state index in [1.807, 2.05) is 0 Å². The highest BCUT2D eigenvalue weighted by atomic mass is 32.1. The lowest BCUT2D eigenvalue weighted by Crippen LogP contribution is -2.29. The summed E-state index contributed by atoms with van der Waals surface area (Å²) in [6.07, 6.45) is 1.37. The highest BCUT2D eigenvalue weighted by Gasteiger charge is 2.27. The van der Waals surface area contributed by atoms with Gasteiger partial charge in [-0.25, -0.2) is 9.37 Å². The Morgan fingerprint density at radius 1 is 1.31 bits per heavy atom. The van der Waals surface area contributed by atoms with Crippen LogP contribution >= 0.6 is 11.3 Å². The predicted octanol–water partition coefficient (Wildman–Crippen LogP) is 3.43. The second-order valence-corrected chi connectivity index (χ2v) is 6.18. The summed E-state index contributed by atoms with van der Waals surface area (Å²) in [6.45, 7) is 0. The van der Waals surface area contributed by atoms with Crippen LogP contribution in [0.1, 0.15) is 5.69 Å². The van der Waals surface area contributed by atoms with Crippen LogP contribution in [0.15, 0.2) is 52.5 Å². The highest BCUT2D eigenvalue weighted by molar-refractivity contribution is 7.13. The van der Waals surface area contributed by atoms with Crippen LogP contribution in [0.2, 0.25) is 0 Å². The number of halogens is 1.